The zero-order valence-corrected chi connectivity index (χ0v) is 18.4. The summed E-state index contributed by atoms with van der Waals surface area (Å²) >= 11 is 0. The van der Waals surface area contributed by atoms with E-state index in [0.717, 1.165) is 12.5 Å². The lowest BCUT2D eigenvalue weighted by Crippen LogP contribution is -2.40. The van der Waals surface area contributed by atoms with E-state index in [1.807, 2.05) is 39.8 Å². The highest BCUT2D eigenvalue weighted by Crippen LogP contribution is 2.29. The lowest BCUT2D eigenvalue weighted by Gasteiger charge is -2.34. The van der Waals surface area contributed by atoms with E-state index in [4.69, 9.17) is 14.2 Å². The predicted molar refractivity (Wildman–Crippen MR) is 117 cm³/mol. The van der Waals surface area contributed by atoms with Crippen LogP contribution in [0.5, 0.6) is 11.5 Å². The molecule has 2 aromatic carbocycles. The van der Waals surface area contributed by atoms with Crippen LogP contribution in [-0.4, -0.2) is 23.1 Å². The van der Waals surface area contributed by atoms with Crippen LogP contribution in [0.25, 0.3) is 0 Å². The summed E-state index contributed by atoms with van der Waals surface area (Å²) in [5, 5.41) is 0. The van der Waals surface area contributed by atoms with Crippen molar-refractivity contribution >= 4 is 11.9 Å². The monoisotopic (exact) mass is 410 g/mol. The number of hydrogen-bond acceptors (Lipinski definition) is 5. The zero-order chi connectivity index (χ0) is 22.4. The van der Waals surface area contributed by atoms with Gasteiger partial charge in [0.05, 0.1) is 5.56 Å². The molecule has 0 fully saturated rings. The van der Waals surface area contributed by atoms with E-state index in [9.17, 15) is 9.59 Å². The molecule has 0 aromatic heterocycles. The van der Waals surface area contributed by atoms with Gasteiger partial charge in [-0.2, -0.15) is 0 Å². The van der Waals surface area contributed by atoms with E-state index in [-0.39, 0.29) is 0 Å². The Labute approximate surface area is 178 Å². The summed E-state index contributed by atoms with van der Waals surface area (Å²) in [6, 6.07) is 14.2. The highest BCUT2D eigenvalue weighted by molar-refractivity contribution is 5.91. The lowest BCUT2D eigenvalue weighted by molar-refractivity contribution is -0.154. The Balaban J connectivity index is 1.99. The molecule has 30 heavy (non-hydrogen) atoms. The topological polar surface area (TPSA) is 61.8 Å². The van der Waals surface area contributed by atoms with Crippen molar-refractivity contribution in [2.24, 2.45) is 0 Å². The van der Waals surface area contributed by atoms with Crippen molar-refractivity contribution in [1.82, 2.24) is 0 Å². The highest BCUT2D eigenvalue weighted by atomic mass is 16.6. The van der Waals surface area contributed by atoms with E-state index in [2.05, 4.69) is 13.5 Å². The van der Waals surface area contributed by atoms with Gasteiger partial charge in [-0.15, -0.1) is 0 Å². The van der Waals surface area contributed by atoms with Crippen molar-refractivity contribution in [3.8, 4) is 11.5 Å². The minimum Gasteiger partial charge on any atom is -0.488 e. The van der Waals surface area contributed by atoms with Crippen LogP contribution in [0.1, 0.15) is 57.0 Å². The van der Waals surface area contributed by atoms with E-state index in [1.165, 1.54) is 5.56 Å². The van der Waals surface area contributed by atoms with Gasteiger partial charge in [0.15, 0.2) is 0 Å². The number of carbonyl (C=O) groups is 2. The van der Waals surface area contributed by atoms with Gasteiger partial charge < -0.3 is 14.2 Å². The first-order valence-electron chi connectivity index (χ1n) is 9.99. The molecule has 2 rings (SSSR count). The van der Waals surface area contributed by atoms with Gasteiger partial charge >= 0.3 is 11.9 Å². The standard InChI is InChI=1S/C25H30O5/c1-7-18-9-13-20(14-10-18)28-23(27)19-11-15-21(16-12-19)29-24(3,4)17-25(5,6)30-22(26)8-2/h8-16H,2,7,17H2,1,3-6H3. The number of hydrogen-bond donors (Lipinski definition) is 0. The minimum atomic E-state index is -0.716. The molecule has 0 radical (unpaired) electrons. The maximum atomic E-state index is 12.4. The third-order valence-corrected chi connectivity index (χ3v) is 4.42. The Morgan fingerprint density at radius 1 is 0.900 bits per heavy atom. The SMILES string of the molecule is C=CC(=O)OC(C)(C)CC(C)(C)Oc1ccc(C(=O)Oc2ccc(CC)cc2)cc1. The van der Waals surface area contributed by atoms with Crippen molar-refractivity contribution in [2.45, 2.75) is 58.7 Å². The van der Waals surface area contributed by atoms with Crippen molar-refractivity contribution < 1.29 is 23.8 Å². The molecule has 0 unspecified atom stereocenters. The van der Waals surface area contributed by atoms with Crippen LogP contribution in [0.15, 0.2) is 61.2 Å². The van der Waals surface area contributed by atoms with Gasteiger partial charge in [0.25, 0.3) is 0 Å². The van der Waals surface area contributed by atoms with Crippen molar-refractivity contribution in [1.29, 1.82) is 0 Å². The molecule has 0 saturated heterocycles. The largest absolute Gasteiger partial charge is 0.488 e. The van der Waals surface area contributed by atoms with Gasteiger partial charge in [-0.05, 0) is 76.1 Å². The van der Waals surface area contributed by atoms with E-state index in [0.29, 0.717) is 23.5 Å². The molecule has 0 heterocycles. The molecular weight excluding hydrogens is 380 g/mol. The second kappa shape index (κ2) is 9.61. The lowest BCUT2D eigenvalue weighted by atomic mass is 9.92. The van der Waals surface area contributed by atoms with Crippen LogP contribution in [0.3, 0.4) is 0 Å². The fraction of sp³-hybridized carbons (Fsp3) is 0.360. The normalized spacial score (nSPS) is 11.5. The van der Waals surface area contributed by atoms with E-state index < -0.39 is 23.1 Å². The van der Waals surface area contributed by atoms with Crippen LogP contribution in [-0.2, 0) is 16.0 Å². The van der Waals surface area contributed by atoms with Crippen molar-refractivity contribution in [3.05, 3.63) is 72.3 Å². The Bertz CT molecular complexity index is 877. The molecule has 5 nitrogen and oxygen atoms in total. The number of ether oxygens (including phenoxy) is 3. The molecule has 0 amide bonds. The molecule has 0 atom stereocenters. The molecule has 160 valence electrons. The van der Waals surface area contributed by atoms with Gasteiger partial charge in [-0.25, -0.2) is 9.59 Å². The summed E-state index contributed by atoms with van der Waals surface area (Å²) in [6.07, 6.45) is 2.54. The Morgan fingerprint density at radius 2 is 1.47 bits per heavy atom. The highest BCUT2D eigenvalue weighted by Gasteiger charge is 2.33. The first-order valence-corrected chi connectivity index (χ1v) is 9.99. The van der Waals surface area contributed by atoms with Crippen molar-refractivity contribution in [2.75, 3.05) is 0 Å². The second-order valence-electron chi connectivity index (χ2n) is 8.33. The van der Waals surface area contributed by atoms with Gasteiger partial charge in [-0.1, -0.05) is 25.6 Å². The molecular formula is C25H30O5. The molecule has 0 spiro atoms. The van der Waals surface area contributed by atoms with E-state index in [1.54, 1.807) is 36.4 Å². The number of esters is 2. The first-order chi connectivity index (χ1) is 14.0. The molecule has 0 saturated carbocycles. The number of benzene rings is 2. The Hall–Kier alpha value is -3.08. The second-order valence-corrected chi connectivity index (χ2v) is 8.33. The molecule has 2 aromatic rings. The van der Waals surface area contributed by atoms with Gasteiger partial charge in [0.2, 0.25) is 0 Å². The number of rotatable bonds is 9. The third kappa shape index (κ3) is 7.07. The third-order valence-electron chi connectivity index (χ3n) is 4.42. The molecule has 0 N–H and O–H groups in total. The number of carbonyl (C=O) groups excluding carboxylic acids is 2. The van der Waals surface area contributed by atoms with Gasteiger partial charge in [0.1, 0.15) is 22.7 Å². The van der Waals surface area contributed by atoms with Crippen LogP contribution in [0.4, 0.5) is 0 Å². The minimum absolute atomic E-state index is 0.428. The quantitative estimate of drug-likeness (QED) is 0.309. The molecule has 0 aliphatic rings. The smallest absolute Gasteiger partial charge is 0.343 e. The predicted octanol–water partition coefficient (Wildman–Crippen LogP) is 5.52. The summed E-state index contributed by atoms with van der Waals surface area (Å²) in [5.74, 6) is 0.218. The van der Waals surface area contributed by atoms with Crippen LogP contribution >= 0.6 is 0 Å². The maximum Gasteiger partial charge on any atom is 0.343 e. The maximum absolute atomic E-state index is 12.4. The van der Waals surface area contributed by atoms with E-state index >= 15 is 0 Å². The summed E-state index contributed by atoms with van der Waals surface area (Å²) in [5.41, 5.74) is 0.293. The Kier molecular flexibility index (Phi) is 7.43. The van der Waals surface area contributed by atoms with Gasteiger partial charge in [0, 0.05) is 12.5 Å². The summed E-state index contributed by atoms with van der Waals surface area (Å²) < 4.78 is 16.9. The number of aryl methyl sites for hydroxylation is 1. The fourth-order valence-electron chi connectivity index (χ4n) is 3.35. The summed E-state index contributed by atoms with van der Waals surface area (Å²) in [7, 11) is 0. The van der Waals surface area contributed by atoms with Crippen LogP contribution < -0.4 is 9.47 Å². The van der Waals surface area contributed by atoms with Crippen LogP contribution in [0.2, 0.25) is 0 Å². The summed E-state index contributed by atoms with van der Waals surface area (Å²) in [4.78, 5) is 23.9. The van der Waals surface area contributed by atoms with Crippen molar-refractivity contribution in [3.63, 3.8) is 0 Å². The molecule has 5 heteroatoms. The summed E-state index contributed by atoms with van der Waals surface area (Å²) in [6.45, 7) is 13.0. The molecule has 0 aliphatic carbocycles. The Morgan fingerprint density at radius 3 is 2.00 bits per heavy atom. The molecule has 0 bridgehead atoms. The van der Waals surface area contributed by atoms with Gasteiger partial charge in [-0.3, -0.25) is 0 Å². The average Bonchev–Trinajstić information content (AvgIpc) is 2.67. The fourth-order valence-corrected chi connectivity index (χ4v) is 3.35. The first kappa shape index (κ1) is 23.2. The molecule has 0 aliphatic heterocycles. The zero-order valence-electron chi connectivity index (χ0n) is 18.4. The van der Waals surface area contributed by atoms with Crippen LogP contribution in [0, 0.1) is 0 Å². The average molecular weight is 411 g/mol.